The summed E-state index contributed by atoms with van der Waals surface area (Å²) in [5, 5.41) is 21.2. The number of aryl methyl sites for hydroxylation is 1. The van der Waals surface area contributed by atoms with Crippen molar-refractivity contribution in [3.8, 4) is 0 Å². The summed E-state index contributed by atoms with van der Waals surface area (Å²) in [5.41, 5.74) is 0.536. The third-order valence-electron chi connectivity index (χ3n) is 2.34. The van der Waals surface area contributed by atoms with Crippen molar-refractivity contribution >= 4 is 5.97 Å². The highest BCUT2D eigenvalue weighted by Crippen LogP contribution is 2.21. The van der Waals surface area contributed by atoms with Crippen molar-refractivity contribution in [2.24, 2.45) is 0 Å². The number of carboxylic acid groups (broad SMARTS) is 1. The maximum absolute atomic E-state index is 13.3. The van der Waals surface area contributed by atoms with E-state index in [1.807, 2.05) is 0 Å². The van der Waals surface area contributed by atoms with Crippen LogP contribution >= 0.6 is 0 Å². The van der Waals surface area contributed by atoms with Crippen LogP contribution < -0.4 is 5.32 Å². The molecular weight excluding hydrogens is 213 g/mol. The second-order valence-corrected chi connectivity index (χ2v) is 3.57. The minimum absolute atomic E-state index is 0.283. The molecule has 0 saturated heterocycles. The quantitative estimate of drug-likeness (QED) is 0.720. The Morgan fingerprint density at radius 3 is 2.69 bits per heavy atom. The smallest absolute Gasteiger partial charge is 0.338 e. The molecule has 16 heavy (non-hydrogen) atoms. The summed E-state index contributed by atoms with van der Waals surface area (Å²) in [6, 6.07) is 2.30. The lowest BCUT2D eigenvalue weighted by Gasteiger charge is -2.14. The van der Waals surface area contributed by atoms with E-state index in [2.05, 4.69) is 5.32 Å². The molecule has 0 aliphatic rings. The van der Waals surface area contributed by atoms with Crippen LogP contribution in [-0.2, 0) is 0 Å². The number of hydrogen-bond donors (Lipinski definition) is 3. The Balaban J connectivity index is 3.19. The largest absolute Gasteiger partial charge is 0.478 e. The molecule has 0 amide bonds. The maximum atomic E-state index is 13.3. The third-order valence-corrected chi connectivity index (χ3v) is 2.34. The summed E-state index contributed by atoms with van der Waals surface area (Å²) in [6.45, 7) is 1.91. The van der Waals surface area contributed by atoms with Crippen LogP contribution in [0.4, 0.5) is 4.39 Å². The molecule has 0 bridgehead atoms. The van der Waals surface area contributed by atoms with Crippen molar-refractivity contribution < 1.29 is 19.4 Å². The molecule has 1 atom stereocenters. The molecule has 0 aromatic heterocycles. The second-order valence-electron chi connectivity index (χ2n) is 3.57. The average Bonchev–Trinajstić information content (AvgIpc) is 2.17. The number of halogens is 1. The van der Waals surface area contributed by atoms with Crippen molar-refractivity contribution in [3.63, 3.8) is 0 Å². The average molecular weight is 227 g/mol. The molecule has 3 N–H and O–H groups in total. The number of rotatable bonds is 4. The summed E-state index contributed by atoms with van der Waals surface area (Å²) in [7, 11) is 1.67. The Morgan fingerprint density at radius 2 is 2.19 bits per heavy atom. The van der Waals surface area contributed by atoms with Crippen LogP contribution in [0.2, 0.25) is 0 Å². The Morgan fingerprint density at radius 1 is 1.56 bits per heavy atom. The van der Waals surface area contributed by atoms with E-state index in [1.165, 1.54) is 6.07 Å². The van der Waals surface area contributed by atoms with Gasteiger partial charge >= 0.3 is 5.97 Å². The predicted molar refractivity (Wildman–Crippen MR) is 57.0 cm³/mol. The lowest BCUT2D eigenvalue weighted by Crippen LogP contribution is -2.18. The van der Waals surface area contributed by atoms with Crippen LogP contribution in [0.15, 0.2) is 12.1 Å². The first-order valence-corrected chi connectivity index (χ1v) is 4.83. The molecule has 5 heteroatoms. The molecule has 0 radical (unpaired) electrons. The highest BCUT2D eigenvalue weighted by atomic mass is 19.1. The van der Waals surface area contributed by atoms with E-state index in [1.54, 1.807) is 14.0 Å². The van der Waals surface area contributed by atoms with Gasteiger partial charge in [0, 0.05) is 6.54 Å². The van der Waals surface area contributed by atoms with E-state index >= 15 is 0 Å². The summed E-state index contributed by atoms with van der Waals surface area (Å²) in [4.78, 5) is 10.7. The van der Waals surface area contributed by atoms with Gasteiger partial charge in [-0.15, -0.1) is 0 Å². The number of nitrogens with one attached hydrogen (secondary N) is 1. The van der Waals surface area contributed by atoms with Gasteiger partial charge in [-0.05, 0) is 37.2 Å². The van der Waals surface area contributed by atoms with E-state index in [0.717, 1.165) is 6.07 Å². The van der Waals surface area contributed by atoms with Crippen molar-refractivity contribution in [3.05, 3.63) is 34.6 Å². The molecular formula is C11H14FNO3. The number of aromatic carboxylic acids is 1. The molecule has 0 aliphatic heterocycles. The van der Waals surface area contributed by atoms with Gasteiger partial charge in [0.2, 0.25) is 0 Å². The van der Waals surface area contributed by atoms with Crippen molar-refractivity contribution in [1.29, 1.82) is 0 Å². The topological polar surface area (TPSA) is 69.6 Å². The highest BCUT2D eigenvalue weighted by molar-refractivity contribution is 5.88. The van der Waals surface area contributed by atoms with Crippen LogP contribution in [-0.4, -0.2) is 29.8 Å². The number of aliphatic hydroxyl groups is 1. The van der Waals surface area contributed by atoms with Crippen molar-refractivity contribution in [2.75, 3.05) is 13.6 Å². The zero-order valence-corrected chi connectivity index (χ0v) is 9.12. The SMILES string of the molecule is CNCC(O)c1cc(C(=O)O)c(F)cc1C. The molecule has 0 spiro atoms. The summed E-state index contributed by atoms with van der Waals surface area (Å²) < 4.78 is 13.3. The molecule has 1 aromatic carbocycles. The maximum Gasteiger partial charge on any atom is 0.338 e. The fourth-order valence-corrected chi connectivity index (χ4v) is 1.52. The van der Waals surface area contributed by atoms with Gasteiger partial charge in [0.05, 0.1) is 11.7 Å². The van der Waals surface area contributed by atoms with E-state index < -0.39 is 23.5 Å². The van der Waals surface area contributed by atoms with Crippen LogP contribution in [0, 0.1) is 12.7 Å². The molecule has 1 aromatic rings. The molecule has 4 nitrogen and oxygen atoms in total. The zero-order valence-electron chi connectivity index (χ0n) is 9.12. The Hall–Kier alpha value is -1.46. The molecule has 0 heterocycles. The van der Waals surface area contributed by atoms with Gasteiger partial charge < -0.3 is 15.5 Å². The minimum atomic E-state index is -1.34. The highest BCUT2D eigenvalue weighted by Gasteiger charge is 2.17. The van der Waals surface area contributed by atoms with Gasteiger partial charge in [0.25, 0.3) is 0 Å². The molecule has 1 rings (SSSR count). The van der Waals surface area contributed by atoms with Gasteiger partial charge in [-0.25, -0.2) is 9.18 Å². The Kier molecular flexibility index (Phi) is 3.98. The van der Waals surface area contributed by atoms with E-state index in [-0.39, 0.29) is 6.54 Å². The number of likely N-dealkylation sites (N-methyl/N-ethyl adjacent to an activating group) is 1. The lowest BCUT2D eigenvalue weighted by molar-refractivity contribution is 0.0691. The van der Waals surface area contributed by atoms with Crippen molar-refractivity contribution in [2.45, 2.75) is 13.0 Å². The van der Waals surface area contributed by atoms with E-state index in [9.17, 15) is 14.3 Å². The summed E-state index contributed by atoms with van der Waals surface area (Å²) in [5.74, 6) is -2.12. The first-order valence-electron chi connectivity index (χ1n) is 4.83. The number of carbonyl (C=O) groups is 1. The number of benzene rings is 1. The standard InChI is InChI=1S/C11H14FNO3/c1-6-3-9(12)8(11(15)16)4-7(6)10(14)5-13-2/h3-4,10,13-14H,5H2,1-2H3,(H,15,16). The monoisotopic (exact) mass is 227 g/mol. The van der Waals surface area contributed by atoms with Crippen molar-refractivity contribution in [1.82, 2.24) is 5.32 Å². The lowest BCUT2D eigenvalue weighted by atomic mass is 9.99. The van der Waals surface area contributed by atoms with Gasteiger partial charge in [-0.1, -0.05) is 0 Å². The third kappa shape index (κ3) is 2.56. The fraction of sp³-hybridized carbons (Fsp3) is 0.364. The van der Waals surface area contributed by atoms with E-state index in [0.29, 0.717) is 11.1 Å². The molecule has 0 saturated carbocycles. The molecule has 0 aliphatic carbocycles. The first-order chi connectivity index (χ1) is 7.47. The van der Waals surface area contributed by atoms with Gasteiger partial charge in [-0.2, -0.15) is 0 Å². The predicted octanol–water partition coefficient (Wildman–Crippen LogP) is 1.09. The molecule has 1 unspecified atom stereocenters. The number of aliphatic hydroxyl groups excluding tert-OH is 1. The molecule has 0 fully saturated rings. The second kappa shape index (κ2) is 5.05. The fourth-order valence-electron chi connectivity index (χ4n) is 1.52. The van der Waals surface area contributed by atoms with Crippen LogP contribution in [0.5, 0.6) is 0 Å². The van der Waals surface area contributed by atoms with Crippen LogP contribution in [0.3, 0.4) is 0 Å². The number of hydrogen-bond acceptors (Lipinski definition) is 3. The zero-order chi connectivity index (χ0) is 12.3. The minimum Gasteiger partial charge on any atom is -0.478 e. The van der Waals surface area contributed by atoms with Gasteiger partial charge in [0.15, 0.2) is 0 Å². The Labute approximate surface area is 92.7 Å². The molecule has 88 valence electrons. The normalized spacial score (nSPS) is 12.5. The summed E-state index contributed by atoms with van der Waals surface area (Å²) in [6.07, 6.45) is -0.844. The summed E-state index contributed by atoms with van der Waals surface area (Å²) >= 11 is 0. The Bertz CT molecular complexity index is 406. The van der Waals surface area contributed by atoms with Crippen LogP contribution in [0.25, 0.3) is 0 Å². The number of carboxylic acids is 1. The van der Waals surface area contributed by atoms with Crippen LogP contribution in [0.1, 0.15) is 27.6 Å². The van der Waals surface area contributed by atoms with E-state index in [4.69, 9.17) is 5.11 Å². The first kappa shape index (κ1) is 12.6. The van der Waals surface area contributed by atoms with Gasteiger partial charge in [0.1, 0.15) is 5.82 Å². The van der Waals surface area contributed by atoms with Gasteiger partial charge in [-0.3, -0.25) is 0 Å².